The van der Waals surface area contributed by atoms with Gasteiger partial charge >= 0.3 is 0 Å². The highest BCUT2D eigenvalue weighted by Gasteiger charge is 2.11. The molecule has 0 aliphatic rings. The van der Waals surface area contributed by atoms with Gasteiger partial charge in [0, 0.05) is 23.0 Å². The fourth-order valence-electron chi connectivity index (χ4n) is 1.76. The van der Waals surface area contributed by atoms with E-state index in [1.165, 1.54) is 4.88 Å². The standard InChI is InChI=1S/C13H14Cl2N2S/c1-8(5-10-3-2-4-18-10)17-13-11(14)6-9(16)7-12(13)15/h2-4,6-8,17H,5,16H2,1H3. The monoisotopic (exact) mass is 300 g/mol. The van der Waals surface area contributed by atoms with Crippen LogP contribution in [0, 0.1) is 0 Å². The summed E-state index contributed by atoms with van der Waals surface area (Å²) in [5.41, 5.74) is 6.99. The Morgan fingerprint density at radius 3 is 2.56 bits per heavy atom. The van der Waals surface area contributed by atoms with Gasteiger partial charge in [-0.15, -0.1) is 11.3 Å². The van der Waals surface area contributed by atoms with Crippen molar-refractivity contribution in [3.63, 3.8) is 0 Å². The third-order valence-corrected chi connectivity index (χ3v) is 4.04. The number of thiophene rings is 1. The first kappa shape index (κ1) is 13.5. The molecule has 2 rings (SSSR count). The first-order valence-electron chi connectivity index (χ1n) is 5.59. The molecule has 2 aromatic rings. The fraction of sp³-hybridized carbons (Fsp3) is 0.231. The molecule has 0 fully saturated rings. The summed E-state index contributed by atoms with van der Waals surface area (Å²) in [4.78, 5) is 1.33. The van der Waals surface area contributed by atoms with Crippen LogP contribution in [0.4, 0.5) is 11.4 Å². The first-order valence-corrected chi connectivity index (χ1v) is 7.23. The second-order valence-electron chi connectivity index (χ2n) is 4.19. The summed E-state index contributed by atoms with van der Waals surface area (Å²) < 4.78 is 0. The number of hydrogen-bond acceptors (Lipinski definition) is 3. The number of nitrogens with two attached hydrogens (primary N) is 1. The summed E-state index contributed by atoms with van der Waals surface area (Å²) in [7, 11) is 0. The van der Waals surface area contributed by atoms with Crippen LogP contribution in [0.1, 0.15) is 11.8 Å². The average Bonchev–Trinajstić information content (AvgIpc) is 2.76. The topological polar surface area (TPSA) is 38.0 Å². The van der Waals surface area contributed by atoms with E-state index in [-0.39, 0.29) is 6.04 Å². The van der Waals surface area contributed by atoms with Gasteiger partial charge in [0.1, 0.15) is 0 Å². The minimum absolute atomic E-state index is 0.252. The van der Waals surface area contributed by atoms with E-state index in [1.807, 2.05) is 0 Å². The van der Waals surface area contributed by atoms with Crippen molar-refractivity contribution in [3.05, 3.63) is 44.6 Å². The van der Waals surface area contributed by atoms with E-state index in [0.29, 0.717) is 15.7 Å². The van der Waals surface area contributed by atoms with E-state index < -0.39 is 0 Å². The zero-order valence-electron chi connectivity index (χ0n) is 9.91. The minimum Gasteiger partial charge on any atom is -0.399 e. The molecule has 2 nitrogen and oxygen atoms in total. The van der Waals surface area contributed by atoms with E-state index >= 15 is 0 Å². The molecule has 0 spiro atoms. The van der Waals surface area contributed by atoms with Gasteiger partial charge in [-0.1, -0.05) is 29.3 Å². The summed E-state index contributed by atoms with van der Waals surface area (Å²) in [6.45, 7) is 2.10. The molecule has 5 heteroatoms. The molecule has 1 unspecified atom stereocenters. The Balaban J connectivity index is 2.09. The fourth-order valence-corrected chi connectivity index (χ4v) is 3.21. The molecular weight excluding hydrogens is 287 g/mol. The second kappa shape index (κ2) is 5.83. The highest BCUT2D eigenvalue weighted by atomic mass is 35.5. The molecule has 1 heterocycles. The Kier molecular flexibility index (Phi) is 4.38. The highest BCUT2D eigenvalue weighted by Crippen LogP contribution is 2.33. The molecule has 0 aliphatic heterocycles. The molecular formula is C13H14Cl2N2S. The molecule has 1 aromatic heterocycles. The maximum atomic E-state index is 6.14. The lowest BCUT2D eigenvalue weighted by molar-refractivity contribution is 0.801. The van der Waals surface area contributed by atoms with Crippen LogP contribution in [0.2, 0.25) is 10.0 Å². The Morgan fingerprint density at radius 1 is 1.33 bits per heavy atom. The van der Waals surface area contributed by atoms with Crippen molar-refractivity contribution in [2.24, 2.45) is 0 Å². The molecule has 0 saturated heterocycles. The zero-order chi connectivity index (χ0) is 13.1. The zero-order valence-corrected chi connectivity index (χ0v) is 12.2. The van der Waals surface area contributed by atoms with Crippen molar-refractivity contribution in [3.8, 4) is 0 Å². The smallest absolute Gasteiger partial charge is 0.0722 e. The van der Waals surface area contributed by atoms with Gasteiger partial charge in [0.05, 0.1) is 15.7 Å². The lowest BCUT2D eigenvalue weighted by Gasteiger charge is -2.17. The lowest BCUT2D eigenvalue weighted by Crippen LogP contribution is -2.18. The summed E-state index contributed by atoms with van der Waals surface area (Å²) in [5, 5.41) is 6.51. The molecule has 96 valence electrons. The molecule has 3 N–H and O–H groups in total. The first-order chi connectivity index (χ1) is 8.56. The second-order valence-corrected chi connectivity index (χ2v) is 6.04. The van der Waals surface area contributed by atoms with Gasteiger partial charge in [-0.3, -0.25) is 0 Å². The number of halogens is 2. The van der Waals surface area contributed by atoms with Crippen molar-refractivity contribution in [2.45, 2.75) is 19.4 Å². The van der Waals surface area contributed by atoms with Crippen LogP contribution in [0.15, 0.2) is 29.6 Å². The van der Waals surface area contributed by atoms with Crippen LogP contribution < -0.4 is 11.1 Å². The van der Waals surface area contributed by atoms with Crippen molar-refractivity contribution in [1.29, 1.82) is 0 Å². The minimum atomic E-state index is 0.252. The number of nitrogens with one attached hydrogen (secondary N) is 1. The Labute approximate surface area is 121 Å². The van der Waals surface area contributed by atoms with Crippen LogP contribution in [-0.4, -0.2) is 6.04 Å². The van der Waals surface area contributed by atoms with Crippen molar-refractivity contribution in [1.82, 2.24) is 0 Å². The van der Waals surface area contributed by atoms with Crippen LogP contribution in [-0.2, 0) is 6.42 Å². The maximum absolute atomic E-state index is 6.14. The van der Waals surface area contributed by atoms with Gasteiger partial charge in [0.15, 0.2) is 0 Å². The van der Waals surface area contributed by atoms with Crippen LogP contribution >= 0.6 is 34.5 Å². The molecule has 18 heavy (non-hydrogen) atoms. The normalized spacial score (nSPS) is 12.4. The number of anilines is 2. The Bertz CT molecular complexity index is 503. The molecule has 0 bridgehead atoms. The van der Waals surface area contributed by atoms with Crippen LogP contribution in [0.3, 0.4) is 0 Å². The van der Waals surface area contributed by atoms with E-state index in [9.17, 15) is 0 Å². The molecule has 0 aliphatic carbocycles. The molecule has 1 atom stereocenters. The van der Waals surface area contributed by atoms with E-state index in [2.05, 4.69) is 29.8 Å². The molecule has 0 radical (unpaired) electrons. The molecule has 1 aromatic carbocycles. The van der Waals surface area contributed by atoms with Crippen molar-refractivity contribution >= 4 is 45.9 Å². The van der Waals surface area contributed by atoms with Crippen molar-refractivity contribution in [2.75, 3.05) is 11.1 Å². The lowest BCUT2D eigenvalue weighted by atomic mass is 10.2. The van der Waals surface area contributed by atoms with Gasteiger partial charge in [-0.2, -0.15) is 0 Å². The van der Waals surface area contributed by atoms with Gasteiger partial charge in [0.25, 0.3) is 0 Å². The van der Waals surface area contributed by atoms with E-state index in [0.717, 1.165) is 12.1 Å². The number of nitrogen functional groups attached to an aromatic ring is 1. The average molecular weight is 301 g/mol. The van der Waals surface area contributed by atoms with E-state index in [4.69, 9.17) is 28.9 Å². The SMILES string of the molecule is CC(Cc1cccs1)Nc1c(Cl)cc(N)cc1Cl. The Morgan fingerprint density at radius 2 is 2.00 bits per heavy atom. The molecule has 0 amide bonds. The third-order valence-electron chi connectivity index (χ3n) is 2.54. The van der Waals surface area contributed by atoms with Gasteiger partial charge in [-0.25, -0.2) is 0 Å². The Hall–Kier alpha value is -0.900. The third kappa shape index (κ3) is 3.31. The summed E-state index contributed by atoms with van der Waals surface area (Å²) in [6.07, 6.45) is 0.939. The van der Waals surface area contributed by atoms with Crippen LogP contribution in [0.5, 0.6) is 0 Å². The predicted octanol–water partition coefficient (Wildman–Crippen LogP) is 4.68. The maximum Gasteiger partial charge on any atom is 0.0722 e. The van der Waals surface area contributed by atoms with Gasteiger partial charge < -0.3 is 11.1 Å². The number of rotatable bonds is 4. The quantitative estimate of drug-likeness (QED) is 0.805. The summed E-state index contributed by atoms with van der Waals surface area (Å²) >= 11 is 14.0. The van der Waals surface area contributed by atoms with Gasteiger partial charge in [-0.05, 0) is 30.5 Å². The van der Waals surface area contributed by atoms with Gasteiger partial charge in [0.2, 0.25) is 0 Å². The van der Waals surface area contributed by atoms with Crippen LogP contribution in [0.25, 0.3) is 0 Å². The highest BCUT2D eigenvalue weighted by molar-refractivity contribution is 7.09. The largest absolute Gasteiger partial charge is 0.399 e. The number of benzene rings is 1. The van der Waals surface area contributed by atoms with Crippen molar-refractivity contribution < 1.29 is 0 Å². The van der Waals surface area contributed by atoms with E-state index in [1.54, 1.807) is 23.5 Å². The molecule has 0 saturated carbocycles. The predicted molar refractivity (Wildman–Crippen MR) is 82.0 cm³/mol. The number of hydrogen-bond donors (Lipinski definition) is 2. The summed E-state index contributed by atoms with van der Waals surface area (Å²) in [5.74, 6) is 0. The summed E-state index contributed by atoms with van der Waals surface area (Å²) in [6, 6.07) is 7.83.